The Hall–Kier alpha value is -1.86. The number of aromatic nitrogens is 1. The Balaban J connectivity index is 0.00000210. The van der Waals surface area contributed by atoms with Crippen molar-refractivity contribution in [1.29, 1.82) is 0 Å². The average Bonchev–Trinajstić information content (AvgIpc) is 2.67. The summed E-state index contributed by atoms with van der Waals surface area (Å²) in [5.41, 5.74) is 2.06. The summed E-state index contributed by atoms with van der Waals surface area (Å²) in [4.78, 5) is 44.2. The van der Waals surface area contributed by atoms with Crippen LogP contribution in [0.5, 0.6) is 0 Å². The van der Waals surface area contributed by atoms with Crippen LogP contribution in [-0.4, -0.2) is 65.4 Å². The van der Waals surface area contributed by atoms with E-state index in [4.69, 9.17) is 0 Å². The van der Waals surface area contributed by atoms with Gasteiger partial charge < -0.3 is 20.1 Å². The summed E-state index contributed by atoms with van der Waals surface area (Å²) in [5.74, 6) is -0.103. The minimum atomic E-state index is -0.281. The predicted octanol–water partition coefficient (Wildman–Crippen LogP) is 0.712. The highest BCUT2D eigenvalue weighted by Gasteiger charge is 2.32. The first kappa shape index (κ1) is 19.9. The molecule has 3 heterocycles. The number of aryl methyl sites for hydroxylation is 2. The number of carbonyl (C=O) groups excluding carboxylic acids is 2. The number of piperazine rings is 1. The lowest BCUT2D eigenvalue weighted by molar-refractivity contribution is -0.135. The molecule has 148 valence electrons. The Morgan fingerprint density at radius 2 is 1.93 bits per heavy atom. The van der Waals surface area contributed by atoms with E-state index >= 15 is 0 Å². The number of hydrogen-bond donors (Lipinski definition) is 2. The standard InChI is InChI=1S/C19H26N4O3.ClH/c24-17-11-20-7-9-23(17)14-5-3-8-22(12-14)19(26)15-10-13-4-1-2-6-16(13)21-18(15)25;/h10,14,20H,1-9,11-12H2,(H,21,25);1H. The molecule has 27 heavy (non-hydrogen) atoms. The second-order valence-electron chi connectivity index (χ2n) is 7.53. The van der Waals surface area contributed by atoms with Crippen molar-refractivity contribution >= 4 is 24.2 Å². The van der Waals surface area contributed by atoms with E-state index in [9.17, 15) is 14.4 Å². The molecule has 1 atom stereocenters. The number of hydrogen-bond acceptors (Lipinski definition) is 4. The molecule has 0 bridgehead atoms. The fraction of sp³-hybridized carbons (Fsp3) is 0.632. The molecular formula is C19H27ClN4O3. The predicted molar refractivity (Wildman–Crippen MR) is 104 cm³/mol. The van der Waals surface area contributed by atoms with Crippen molar-refractivity contribution < 1.29 is 9.59 Å². The van der Waals surface area contributed by atoms with E-state index in [0.29, 0.717) is 26.2 Å². The first-order valence-electron chi connectivity index (χ1n) is 9.68. The first-order valence-corrected chi connectivity index (χ1v) is 9.68. The van der Waals surface area contributed by atoms with Gasteiger partial charge in [-0.25, -0.2) is 0 Å². The molecule has 2 aliphatic heterocycles. The van der Waals surface area contributed by atoms with E-state index in [-0.39, 0.29) is 41.4 Å². The molecule has 2 fully saturated rings. The maximum absolute atomic E-state index is 13.0. The zero-order valence-corrected chi connectivity index (χ0v) is 16.3. The fourth-order valence-electron chi connectivity index (χ4n) is 4.40. The summed E-state index contributed by atoms with van der Waals surface area (Å²) in [7, 11) is 0. The Kier molecular flexibility index (Phi) is 6.22. The summed E-state index contributed by atoms with van der Waals surface area (Å²) >= 11 is 0. The molecule has 1 aliphatic carbocycles. The number of likely N-dealkylation sites (tertiary alicyclic amines) is 1. The molecule has 0 spiro atoms. The highest BCUT2D eigenvalue weighted by molar-refractivity contribution is 5.94. The largest absolute Gasteiger partial charge is 0.336 e. The van der Waals surface area contributed by atoms with Crippen LogP contribution in [0.2, 0.25) is 0 Å². The fourth-order valence-corrected chi connectivity index (χ4v) is 4.40. The number of aromatic amines is 1. The number of nitrogens with one attached hydrogen (secondary N) is 2. The minimum absolute atomic E-state index is 0. The van der Waals surface area contributed by atoms with Gasteiger partial charge in [0.25, 0.3) is 11.5 Å². The molecule has 3 aliphatic rings. The lowest BCUT2D eigenvalue weighted by Crippen LogP contribution is -2.57. The molecule has 0 aromatic carbocycles. The smallest absolute Gasteiger partial charge is 0.261 e. The van der Waals surface area contributed by atoms with Gasteiger partial charge >= 0.3 is 0 Å². The Bertz CT molecular complexity index is 779. The number of rotatable bonds is 2. The van der Waals surface area contributed by atoms with E-state index in [1.54, 1.807) is 11.0 Å². The molecule has 2 saturated heterocycles. The Labute approximate surface area is 164 Å². The summed E-state index contributed by atoms with van der Waals surface area (Å²) in [6.45, 7) is 3.01. The van der Waals surface area contributed by atoms with Gasteiger partial charge in [-0.1, -0.05) is 0 Å². The van der Waals surface area contributed by atoms with Crippen molar-refractivity contribution in [3.63, 3.8) is 0 Å². The van der Waals surface area contributed by atoms with E-state index in [0.717, 1.165) is 56.3 Å². The number of halogens is 1. The number of carbonyl (C=O) groups is 2. The number of pyridine rings is 1. The molecule has 1 aromatic rings. The van der Waals surface area contributed by atoms with Gasteiger partial charge in [-0.05, 0) is 50.2 Å². The van der Waals surface area contributed by atoms with Gasteiger partial charge in [0.05, 0.1) is 6.54 Å². The van der Waals surface area contributed by atoms with Crippen molar-refractivity contribution in [2.45, 2.75) is 44.6 Å². The SMILES string of the molecule is Cl.O=C(c1cc2c([nH]c1=O)CCCC2)N1CCCC(N2CCNCC2=O)C1. The molecule has 0 radical (unpaired) electrons. The lowest BCUT2D eigenvalue weighted by Gasteiger charge is -2.41. The molecule has 1 aromatic heterocycles. The molecule has 0 saturated carbocycles. The third-order valence-electron chi connectivity index (χ3n) is 5.82. The highest BCUT2D eigenvalue weighted by atomic mass is 35.5. The topological polar surface area (TPSA) is 85.5 Å². The summed E-state index contributed by atoms with van der Waals surface area (Å²) < 4.78 is 0. The van der Waals surface area contributed by atoms with Crippen molar-refractivity contribution in [1.82, 2.24) is 20.1 Å². The van der Waals surface area contributed by atoms with Crippen molar-refractivity contribution in [2.24, 2.45) is 0 Å². The van der Waals surface area contributed by atoms with E-state index < -0.39 is 0 Å². The Morgan fingerprint density at radius 3 is 2.74 bits per heavy atom. The second kappa shape index (κ2) is 8.44. The van der Waals surface area contributed by atoms with Crippen molar-refractivity contribution in [2.75, 3.05) is 32.7 Å². The van der Waals surface area contributed by atoms with Gasteiger partial charge in [-0.2, -0.15) is 0 Å². The Morgan fingerprint density at radius 1 is 1.11 bits per heavy atom. The normalized spacial score (nSPS) is 22.8. The molecular weight excluding hydrogens is 368 g/mol. The average molecular weight is 395 g/mol. The van der Waals surface area contributed by atoms with Gasteiger partial charge in [0.1, 0.15) is 5.56 Å². The quantitative estimate of drug-likeness (QED) is 0.773. The molecule has 1 unspecified atom stereocenters. The maximum atomic E-state index is 13.0. The van der Waals surface area contributed by atoms with Crippen molar-refractivity contribution in [3.05, 3.63) is 33.2 Å². The summed E-state index contributed by atoms with van der Waals surface area (Å²) in [5, 5.41) is 3.08. The number of fused-ring (bicyclic) bond motifs is 1. The van der Waals surface area contributed by atoms with Gasteiger partial charge in [0.15, 0.2) is 0 Å². The van der Waals surface area contributed by atoms with Crippen LogP contribution in [0, 0.1) is 0 Å². The molecule has 7 nitrogen and oxygen atoms in total. The van der Waals surface area contributed by atoms with Crippen LogP contribution in [-0.2, 0) is 17.6 Å². The van der Waals surface area contributed by atoms with Gasteiger partial charge in [-0.15, -0.1) is 12.4 Å². The van der Waals surface area contributed by atoms with Crippen LogP contribution in [0.3, 0.4) is 0 Å². The molecule has 4 rings (SSSR count). The molecule has 8 heteroatoms. The number of amides is 2. The third kappa shape index (κ3) is 4.04. The number of piperidine rings is 1. The zero-order chi connectivity index (χ0) is 18.1. The van der Waals surface area contributed by atoms with Gasteiger partial charge in [0.2, 0.25) is 5.91 Å². The van der Waals surface area contributed by atoms with Crippen molar-refractivity contribution in [3.8, 4) is 0 Å². The number of H-pyrrole nitrogens is 1. The molecule has 2 amide bonds. The van der Waals surface area contributed by atoms with E-state index in [1.165, 1.54) is 0 Å². The van der Waals surface area contributed by atoms with E-state index in [1.807, 2.05) is 4.90 Å². The van der Waals surface area contributed by atoms with Gasteiger partial charge in [0, 0.05) is 37.9 Å². The first-order chi connectivity index (χ1) is 12.6. The van der Waals surface area contributed by atoms with Crippen LogP contribution in [0.1, 0.15) is 47.3 Å². The van der Waals surface area contributed by atoms with Crippen LogP contribution >= 0.6 is 12.4 Å². The van der Waals surface area contributed by atoms with Crippen LogP contribution in [0.15, 0.2) is 10.9 Å². The minimum Gasteiger partial charge on any atom is -0.336 e. The lowest BCUT2D eigenvalue weighted by atomic mass is 9.94. The monoisotopic (exact) mass is 394 g/mol. The summed E-state index contributed by atoms with van der Waals surface area (Å²) in [6, 6.07) is 1.86. The number of nitrogens with zero attached hydrogens (tertiary/aromatic N) is 2. The highest BCUT2D eigenvalue weighted by Crippen LogP contribution is 2.21. The third-order valence-corrected chi connectivity index (χ3v) is 5.82. The van der Waals surface area contributed by atoms with Crippen LogP contribution in [0.4, 0.5) is 0 Å². The maximum Gasteiger partial charge on any atom is 0.261 e. The van der Waals surface area contributed by atoms with Gasteiger partial charge in [-0.3, -0.25) is 14.4 Å². The second-order valence-corrected chi connectivity index (χ2v) is 7.53. The molecule has 2 N–H and O–H groups in total. The zero-order valence-electron chi connectivity index (χ0n) is 15.5. The van der Waals surface area contributed by atoms with Crippen LogP contribution < -0.4 is 10.9 Å². The summed E-state index contributed by atoms with van der Waals surface area (Å²) in [6.07, 6.45) is 5.76. The van der Waals surface area contributed by atoms with Crippen LogP contribution in [0.25, 0.3) is 0 Å². The van der Waals surface area contributed by atoms with E-state index in [2.05, 4.69) is 10.3 Å².